The van der Waals surface area contributed by atoms with E-state index in [0.29, 0.717) is 6.54 Å². The summed E-state index contributed by atoms with van der Waals surface area (Å²) in [5, 5.41) is 9.99. The summed E-state index contributed by atoms with van der Waals surface area (Å²) >= 11 is 5.62. The van der Waals surface area contributed by atoms with E-state index in [1.807, 2.05) is 18.5 Å². The van der Waals surface area contributed by atoms with Crippen LogP contribution in [0.2, 0.25) is 0 Å². The quantitative estimate of drug-likeness (QED) is 0.774. The van der Waals surface area contributed by atoms with Crippen molar-refractivity contribution >= 4 is 17.5 Å². The maximum absolute atomic E-state index is 11.2. The molecule has 0 aliphatic heterocycles. The molecular formula is C9H15ClN4O. The molecule has 0 spiro atoms. The highest BCUT2D eigenvalue weighted by atomic mass is 35.5. The second kappa shape index (κ2) is 5.11. The lowest BCUT2D eigenvalue weighted by atomic mass is 10.1. The number of amides is 1. The topological polar surface area (TPSA) is 59.8 Å². The number of aryl methyl sites for hydroxylation is 1. The number of carbonyl (C=O) groups excluding carboxylic acids is 1. The Hall–Kier alpha value is -1.10. The van der Waals surface area contributed by atoms with Gasteiger partial charge in [0.1, 0.15) is 17.5 Å². The molecule has 0 saturated heterocycles. The molecule has 1 heterocycles. The molecule has 5 nitrogen and oxygen atoms in total. The number of carbonyl (C=O) groups is 1. The van der Waals surface area contributed by atoms with Crippen molar-refractivity contribution in [3.05, 3.63) is 12.2 Å². The van der Waals surface area contributed by atoms with Crippen LogP contribution in [0, 0.1) is 0 Å². The smallest absolute Gasteiger partial charge is 0.237 e. The number of hydrogen-bond acceptors (Lipinski definition) is 3. The van der Waals surface area contributed by atoms with Gasteiger partial charge in [-0.1, -0.05) is 6.92 Å². The molecule has 0 aromatic carbocycles. The molecule has 6 heteroatoms. The molecular weight excluding hydrogens is 216 g/mol. The zero-order valence-corrected chi connectivity index (χ0v) is 9.82. The normalized spacial score (nSPS) is 14.7. The minimum absolute atomic E-state index is 0.122. The third kappa shape index (κ3) is 3.20. The standard InChI is InChI=1S/C9H15ClN4O/c1-6(4-11-9(15)7(2)10)8-13-12-5-14(8)3/h5-7H,4H2,1-3H3,(H,11,15). The van der Waals surface area contributed by atoms with Gasteiger partial charge in [0.2, 0.25) is 5.91 Å². The highest BCUT2D eigenvalue weighted by molar-refractivity contribution is 6.30. The van der Waals surface area contributed by atoms with E-state index in [0.717, 1.165) is 5.82 Å². The largest absolute Gasteiger partial charge is 0.354 e. The van der Waals surface area contributed by atoms with Crippen LogP contribution in [-0.2, 0) is 11.8 Å². The molecule has 2 atom stereocenters. The summed E-state index contributed by atoms with van der Waals surface area (Å²) in [6.45, 7) is 4.13. The number of nitrogens with one attached hydrogen (secondary N) is 1. The predicted molar refractivity (Wildman–Crippen MR) is 57.7 cm³/mol. The molecule has 1 N–H and O–H groups in total. The number of alkyl halides is 1. The second-order valence-corrected chi connectivity index (χ2v) is 4.22. The molecule has 1 aromatic heterocycles. The summed E-state index contributed by atoms with van der Waals surface area (Å²) in [7, 11) is 1.87. The van der Waals surface area contributed by atoms with Crippen molar-refractivity contribution in [3.63, 3.8) is 0 Å². The summed E-state index contributed by atoms with van der Waals surface area (Å²) in [6, 6.07) is 0. The van der Waals surface area contributed by atoms with E-state index in [-0.39, 0.29) is 11.8 Å². The van der Waals surface area contributed by atoms with Gasteiger partial charge in [-0.05, 0) is 6.92 Å². The third-order valence-electron chi connectivity index (χ3n) is 2.13. The average molecular weight is 231 g/mol. The van der Waals surface area contributed by atoms with Crippen LogP contribution in [-0.4, -0.2) is 32.6 Å². The lowest BCUT2D eigenvalue weighted by Crippen LogP contribution is -2.33. The molecule has 0 saturated carbocycles. The van der Waals surface area contributed by atoms with Crippen molar-refractivity contribution in [3.8, 4) is 0 Å². The van der Waals surface area contributed by atoms with Gasteiger partial charge in [-0.25, -0.2) is 0 Å². The Morgan fingerprint density at radius 1 is 1.67 bits per heavy atom. The summed E-state index contributed by atoms with van der Waals surface area (Å²) < 4.78 is 1.83. The Bertz CT molecular complexity index is 337. The molecule has 0 aliphatic carbocycles. The zero-order valence-electron chi connectivity index (χ0n) is 9.07. The first-order valence-electron chi connectivity index (χ1n) is 4.78. The van der Waals surface area contributed by atoms with E-state index >= 15 is 0 Å². The summed E-state index contributed by atoms with van der Waals surface area (Å²) in [5.41, 5.74) is 0. The fourth-order valence-corrected chi connectivity index (χ4v) is 1.30. The number of halogens is 1. The Morgan fingerprint density at radius 2 is 2.33 bits per heavy atom. The van der Waals surface area contributed by atoms with E-state index in [1.54, 1.807) is 13.3 Å². The van der Waals surface area contributed by atoms with Crippen LogP contribution < -0.4 is 5.32 Å². The van der Waals surface area contributed by atoms with Crippen molar-refractivity contribution in [2.45, 2.75) is 25.1 Å². The Balaban J connectivity index is 2.47. The van der Waals surface area contributed by atoms with Crippen LogP contribution >= 0.6 is 11.6 Å². The fourth-order valence-electron chi connectivity index (χ4n) is 1.22. The minimum Gasteiger partial charge on any atom is -0.354 e. The van der Waals surface area contributed by atoms with E-state index in [2.05, 4.69) is 15.5 Å². The van der Waals surface area contributed by atoms with Gasteiger partial charge in [-0.3, -0.25) is 4.79 Å². The lowest BCUT2D eigenvalue weighted by Gasteiger charge is -2.12. The van der Waals surface area contributed by atoms with Gasteiger partial charge < -0.3 is 9.88 Å². The van der Waals surface area contributed by atoms with Crippen molar-refractivity contribution in [2.75, 3.05) is 6.54 Å². The van der Waals surface area contributed by atoms with Gasteiger partial charge in [0.05, 0.1) is 0 Å². The molecule has 1 rings (SSSR count). The molecule has 0 aliphatic rings. The number of aromatic nitrogens is 3. The summed E-state index contributed by atoms with van der Waals surface area (Å²) in [6.07, 6.45) is 1.64. The highest BCUT2D eigenvalue weighted by Gasteiger charge is 2.14. The monoisotopic (exact) mass is 230 g/mol. The SMILES string of the molecule is CC(Cl)C(=O)NCC(C)c1nncn1C. The molecule has 0 fully saturated rings. The molecule has 1 aromatic rings. The summed E-state index contributed by atoms with van der Waals surface area (Å²) in [5.74, 6) is 0.806. The molecule has 1 amide bonds. The average Bonchev–Trinajstić information content (AvgIpc) is 2.60. The van der Waals surface area contributed by atoms with Crippen LogP contribution in [0.25, 0.3) is 0 Å². The van der Waals surface area contributed by atoms with Gasteiger partial charge in [0.25, 0.3) is 0 Å². The molecule has 15 heavy (non-hydrogen) atoms. The first kappa shape index (κ1) is 12.0. The number of hydrogen-bond donors (Lipinski definition) is 1. The zero-order chi connectivity index (χ0) is 11.4. The first-order valence-corrected chi connectivity index (χ1v) is 5.21. The van der Waals surface area contributed by atoms with Gasteiger partial charge in [0.15, 0.2) is 0 Å². The van der Waals surface area contributed by atoms with Crippen LogP contribution in [0.3, 0.4) is 0 Å². The van der Waals surface area contributed by atoms with Crippen molar-refractivity contribution in [1.82, 2.24) is 20.1 Å². The van der Waals surface area contributed by atoms with Gasteiger partial charge in [-0.15, -0.1) is 21.8 Å². The molecule has 84 valence electrons. The maximum atomic E-state index is 11.2. The Kier molecular flexibility index (Phi) is 4.08. The predicted octanol–water partition coefficient (Wildman–Crippen LogP) is 0.662. The van der Waals surface area contributed by atoms with Crippen molar-refractivity contribution in [2.24, 2.45) is 7.05 Å². The molecule has 0 bridgehead atoms. The lowest BCUT2D eigenvalue weighted by molar-refractivity contribution is -0.120. The van der Waals surface area contributed by atoms with Crippen molar-refractivity contribution in [1.29, 1.82) is 0 Å². The van der Waals surface area contributed by atoms with E-state index in [4.69, 9.17) is 11.6 Å². The second-order valence-electron chi connectivity index (χ2n) is 3.56. The fraction of sp³-hybridized carbons (Fsp3) is 0.667. The summed E-state index contributed by atoms with van der Waals surface area (Å²) in [4.78, 5) is 11.2. The maximum Gasteiger partial charge on any atom is 0.237 e. The highest BCUT2D eigenvalue weighted by Crippen LogP contribution is 2.09. The van der Waals surface area contributed by atoms with Crippen LogP contribution in [0.1, 0.15) is 25.6 Å². The molecule has 0 radical (unpaired) electrons. The van der Waals surface area contributed by atoms with Crippen molar-refractivity contribution < 1.29 is 4.79 Å². The number of nitrogens with zero attached hydrogens (tertiary/aromatic N) is 3. The van der Waals surface area contributed by atoms with Gasteiger partial charge in [0, 0.05) is 19.5 Å². The molecule has 2 unspecified atom stereocenters. The Labute approximate surface area is 93.8 Å². The third-order valence-corrected chi connectivity index (χ3v) is 2.33. The van der Waals surface area contributed by atoms with Crippen LogP contribution in [0.4, 0.5) is 0 Å². The minimum atomic E-state index is -0.503. The number of rotatable bonds is 4. The van der Waals surface area contributed by atoms with E-state index in [9.17, 15) is 4.79 Å². The van der Waals surface area contributed by atoms with Crippen LogP contribution in [0.15, 0.2) is 6.33 Å². The van der Waals surface area contributed by atoms with Crippen LogP contribution in [0.5, 0.6) is 0 Å². The van der Waals surface area contributed by atoms with E-state index in [1.165, 1.54) is 0 Å². The van der Waals surface area contributed by atoms with Gasteiger partial charge in [-0.2, -0.15) is 0 Å². The first-order chi connectivity index (χ1) is 7.02. The van der Waals surface area contributed by atoms with E-state index < -0.39 is 5.38 Å². The van der Waals surface area contributed by atoms with Gasteiger partial charge >= 0.3 is 0 Å². The Morgan fingerprint density at radius 3 is 2.80 bits per heavy atom.